The highest BCUT2D eigenvalue weighted by Gasteiger charge is 2.23. The molecule has 1 aliphatic heterocycles. The molecule has 0 bridgehead atoms. The van der Waals surface area contributed by atoms with Crippen LogP contribution in [0.1, 0.15) is 38.2 Å². The number of hydrogen-bond donors (Lipinski definition) is 0. The van der Waals surface area contributed by atoms with Gasteiger partial charge in [-0.15, -0.1) is 11.3 Å². The monoisotopic (exact) mass is 287 g/mol. The first-order valence-corrected chi connectivity index (χ1v) is 8.37. The lowest BCUT2D eigenvalue weighted by Gasteiger charge is -2.36. The third kappa shape index (κ3) is 2.35. The SMILES string of the molecule is CC[C@H]1CCCCN1c1csc2ccc(C)cc2c1=O. The summed E-state index contributed by atoms with van der Waals surface area (Å²) in [4.78, 5) is 15.2. The minimum atomic E-state index is 0.211. The Morgan fingerprint density at radius 2 is 2.20 bits per heavy atom. The van der Waals surface area contributed by atoms with Crippen LogP contribution >= 0.6 is 11.3 Å². The highest BCUT2D eigenvalue weighted by atomic mass is 32.1. The van der Waals surface area contributed by atoms with E-state index < -0.39 is 0 Å². The first-order chi connectivity index (χ1) is 9.70. The van der Waals surface area contributed by atoms with Crippen molar-refractivity contribution in [1.29, 1.82) is 0 Å². The van der Waals surface area contributed by atoms with Crippen molar-refractivity contribution in [2.24, 2.45) is 0 Å². The van der Waals surface area contributed by atoms with E-state index in [1.807, 2.05) is 13.0 Å². The van der Waals surface area contributed by atoms with Crippen molar-refractivity contribution < 1.29 is 0 Å². The average Bonchev–Trinajstić information content (AvgIpc) is 2.48. The van der Waals surface area contributed by atoms with Gasteiger partial charge >= 0.3 is 0 Å². The predicted octanol–water partition coefficient (Wildman–Crippen LogP) is 4.34. The quantitative estimate of drug-likeness (QED) is 0.819. The molecule has 106 valence electrons. The third-order valence-corrected chi connectivity index (χ3v) is 5.27. The summed E-state index contributed by atoms with van der Waals surface area (Å²) in [6.45, 7) is 5.30. The van der Waals surface area contributed by atoms with Crippen molar-refractivity contribution in [1.82, 2.24) is 0 Å². The van der Waals surface area contributed by atoms with Gasteiger partial charge in [0.05, 0.1) is 5.69 Å². The molecule has 2 nitrogen and oxygen atoms in total. The Morgan fingerprint density at radius 3 is 3.00 bits per heavy atom. The fourth-order valence-electron chi connectivity index (χ4n) is 3.18. The highest BCUT2D eigenvalue weighted by molar-refractivity contribution is 7.16. The van der Waals surface area contributed by atoms with Crippen molar-refractivity contribution >= 4 is 27.1 Å². The number of nitrogens with zero attached hydrogens (tertiary/aromatic N) is 1. The Labute approximate surface area is 124 Å². The van der Waals surface area contributed by atoms with Crippen LogP contribution in [0.4, 0.5) is 5.69 Å². The van der Waals surface area contributed by atoms with E-state index in [2.05, 4.69) is 29.3 Å². The van der Waals surface area contributed by atoms with Crippen molar-refractivity contribution in [2.45, 2.75) is 45.6 Å². The molecule has 0 aliphatic carbocycles. The fourth-order valence-corrected chi connectivity index (χ4v) is 4.08. The van der Waals surface area contributed by atoms with Gasteiger partial charge in [0, 0.05) is 28.1 Å². The number of anilines is 1. The smallest absolute Gasteiger partial charge is 0.211 e. The number of piperidine rings is 1. The van der Waals surface area contributed by atoms with Gasteiger partial charge in [-0.25, -0.2) is 0 Å². The van der Waals surface area contributed by atoms with Gasteiger partial charge in [-0.1, -0.05) is 18.6 Å². The summed E-state index contributed by atoms with van der Waals surface area (Å²) in [5, 5.41) is 2.95. The number of rotatable bonds is 2. The lowest BCUT2D eigenvalue weighted by Crippen LogP contribution is -2.41. The topological polar surface area (TPSA) is 20.3 Å². The van der Waals surface area contributed by atoms with Crippen molar-refractivity contribution in [3.8, 4) is 0 Å². The molecule has 0 saturated carbocycles. The second kappa shape index (κ2) is 5.57. The summed E-state index contributed by atoms with van der Waals surface area (Å²) in [5.41, 5.74) is 2.28. The van der Waals surface area contributed by atoms with Gasteiger partial charge in [0.15, 0.2) is 0 Å². The van der Waals surface area contributed by atoms with E-state index in [4.69, 9.17) is 0 Å². The fraction of sp³-hybridized carbons (Fsp3) is 0.471. The molecule has 20 heavy (non-hydrogen) atoms. The minimum absolute atomic E-state index is 0.211. The summed E-state index contributed by atoms with van der Waals surface area (Å²) in [6, 6.07) is 6.70. The zero-order valence-electron chi connectivity index (χ0n) is 12.2. The summed E-state index contributed by atoms with van der Waals surface area (Å²) in [5.74, 6) is 0. The first kappa shape index (κ1) is 13.6. The molecule has 3 rings (SSSR count). The highest BCUT2D eigenvalue weighted by Crippen LogP contribution is 2.28. The molecule has 1 aliphatic rings. The maximum absolute atomic E-state index is 12.8. The van der Waals surface area contributed by atoms with E-state index in [1.165, 1.54) is 19.3 Å². The Hall–Kier alpha value is -1.35. The molecule has 1 aromatic carbocycles. The average molecular weight is 287 g/mol. The molecule has 0 unspecified atom stereocenters. The maximum Gasteiger partial charge on any atom is 0.211 e. The number of fused-ring (bicyclic) bond motifs is 1. The zero-order valence-corrected chi connectivity index (χ0v) is 13.0. The predicted molar refractivity (Wildman–Crippen MR) is 88.1 cm³/mol. The number of aryl methyl sites for hydroxylation is 1. The van der Waals surface area contributed by atoms with Gasteiger partial charge in [0.2, 0.25) is 5.43 Å². The lowest BCUT2D eigenvalue weighted by atomic mass is 9.99. The van der Waals surface area contributed by atoms with E-state index in [0.717, 1.165) is 34.3 Å². The van der Waals surface area contributed by atoms with Crippen molar-refractivity contribution in [3.63, 3.8) is 0 Å². The van der Waals surface area contributed by atoms with Crippen LogP contribution in [0.3, 0.4) is 0 Å². The Balaban J connectivity index is 2.11. The molecule has 0 radical (unpaired) electrons. The Bertz CT molecular complexity index is 676. The molecule has 0 N–H and O–H groups in total. The summed E-state index contributed by atoms with van der Waals surface area (Å²) in [6.07, 6.45) is 4.83. The Kier molecular flexibility index (Phi) is 3.79. The van der Waals surface area contributed by atoms with Crippen LogP contribution in [0.5, 0.6) is 0 Å². The lowest BCUT2D eigenvalue weighted by molar-refractivity contribution is 0.449. The van der Waals surface area contributed by atoms with Gasteiger partial charge in [-0.05, 0) is 44.7 Å². The van der Waals surface area contributed by atoms with Crippen LogP contribution in [0.15, 0.2) is 28.4 Å². The second-order valence-electron chi connectivity index (χ2n) is 5.70. The molecule has 2 heterocycles. The maximum atomic E-state index is 12.8. The molecule has 1 fully saturated rings. The zero-order chi connectivity index (χ0) is 14.1. The van der Waals surface area contributed by atoms with E-state index in [9.17, 15) is 4.79 Å². The molecule has 0 spiro atoms. The number of benzene rings is 1. The minimum Gasteiger partial charge on any atom is -0.365 e. The molecule has 0 amide bonds. The van der Waals surface area contributed by atoms with Gasteiger partial charge in [-0.3, -0.25) is 4.79 Å². The van der Waals surface area contributed by atoms with Crippen molar-refractivity contribution in [2.75, 3.05) is 11.4 Å². The van der Waals surface area contributed by atoms with E-state index >= 15 is 0 Å². The third-order valence-electron chi connectivity index (χ3n) is 4.32. The van der Waals surface area contributed by atoms with Crippen LogP contribution in [-0.2, 0) is 0 Å². The largest absolute Gasteiger partial charge is 0.365 e. The molecular formula is C17H21NOS. The second-order valence-corrected chi connectivity index (χ2v) is 6.61. The molecule has 3 heteroatoms. The van der Waals surface area contributed by atoms with Crippen LogP contribution in [0.25, 0.3) is 10.1 Å². The van der Waals surface area contributed by atoms with Gasteiger partial charge < -0.3 is 4.90 Å². The summed E-state index contributed by atoms with van der Waals surface area (Å²) < 4.78 is 1.09. The van der Waals surface area contributed by atoms with Gasteiger partial charge in [0.25, 0.3) is 0 Å². The van der Waals surface area contributed by atoms with Crippen LogP contribution < -0.4 is 10.3 Å². The molecule has 2 aromatic rings. The van der Waals surface area contributed by atoms with Gasteiger partial charge in [-0.2, -0.15) is 0 Å². The van der Waals surface area contributed by atoms with Crippen LogP contribution in [0, 0.1) is 6.92 Å². The van der Waals surface area contributed by atoms with Crippen LogP contribution in [-0.4, -0.2) is 12.6 Å². The normalized spacial score (nSPS) is 19.5. The summed E-state index contributed by atoms with van der Waals surface area (Å²) in [7, 11) is 0. The molecule has 1 aromatic heterocycles. The standard InChI is InChI=1S/C17H21NOS/c1-3-13-6-4-5-9-18(13)15-11-20-16-8-7-12(2)10-14(16)17(15)19/h7-8,10-11,13H,3-6,9H2,1-2H3/t13-/m0/s1. The summed E-state index contributed by atoms with van der Waals surface area (Å²) >= 11 is 1.69. The number of hydrogen-bond acceptors (Lipinski definition) is 3. The van der Waals surface area contributed by atoms with E-state index in [0.29, 0.717) is 6.04 Å². The Morgan fingerprint density at radius 1 is 1.35 bits per heavy atom. The van der Waals surface area contributed by atoms with Gasteiger partial charge in [0.1, 0.15) is 0 Å². The van der Waals surface area contributed by atoms with E-state index in [-0.39, 0.29) is 5.43 Å². The van der Waals surface area contributed by atoms with Crippen molar-refractivity contribution in [3.05, 3.63) is 39.4 Å². The molecule has 1 atom stereocenters. The first-order valence-electron chi connectivity index (χ1n) is 7.49. The molecule has 1 saturated heterocycles. The van der Waals surface area contributed by atoms with Crippen LogP contribution in [0.2, 0.25) is 0 Å². The van der Waals surface area contributed by atoms with E-state index in [1.54, 1.807) is 11.3 Å². The molecular weight excluding hydrogens is 266 g/mol.